The first-order valence-corrected chi connectivity index (χ1v) is 8.74. The molecule has 1 aliphatic heterocycles. The van der Waals surface area contributed by atoms with Crippen LogP contribution < -0.4 is 0 Å². The first-order valence-electron chi connectivity index (χ1n) is 8.34. The van der Waals surface area contributed by atoms with Gasteiger partial charge in [0.2, 0.25) is 4.77 Å². The van der Waals surface area contributed by atoms with Gasteiger partial charge in [-0.05, 0) is 55.6 Å². The van der Waals surface area contributed by atoms with E-state index in [-0.39, 0.29) is 0 Å². The van der Waals surface area contributed by atoms with Gasteiger partial charge in [0.1, 0.15) is 0 Å². The Morgan fingerprint density at radius 1 is 1.22 bits per heavy atom. The standard InChI is InChI=1S/C18H22N4S/c1-13-7-9-20(10-8-13)12-21-18(23)22-16-6-4-3-5-15(16)14(2)11-17(22)19-21/h3-6,11,13H,7-10,12H2,1-2H3. The second-order valence-corrected chi connectivity index (χ2v) is 7.13. The van der Waals surface area contributed by atoms with Crippen LogP contribution in [0.3, 0.4) is 0 Å². The van der Waals surface area contributed by atoms with Gasteiger partial charge in [0.05, 0.1) is 12.2 Å². The number of benzene rings is 1. The van der Waals surface area contributed by atoms with Crippen LogP contribution >= 0.6 is 12.2 Å². The smallest absolute Gasteiger partial charge is 0.204 e. The third-order valence-corrected chi connectivity index (χ3v) is 5.38. The lowest BCUT2D eigenvalue weighted by Gasteiger charge is -2.29. The summed E-state index contributed by atoms with van der Waals surface area (Å²) < 4.78 is 4.87. The number of para-hydroxylation sites is 1. The molecule has 0 N–H and O–H groups in total. The summed E-state index contributed by atoms with van der Waals surface area (Å²) in [5, 5.41) is 6.01. The van der Waals surface area contributed by atoms with Crippen molar-refractivity contribution in [1.82, 2.24) is 19.1 Å². The second-order valence-electron chi connectivity index (χ2n) is 6.76. The number of fused-ring (bicyclic) bond motifs is 3. The molecule has 2 aromatic heterocycles. The molecule has 0 atom stereocenters. The van der Waals surface area contributed by atoms with Crippen LogP contribution in [0.2, 0.25) is 0 Å². The molecule has 4 nitrogen and oxygen atoms in total. The van der Waals surface area contributed by atoms with Gasteiger partial charge in [-0.2, -0.15) is 5.10 Å². The van der Waals surface area contributed by atoms with E-state index in [2.05, 4.69) is 53.5 Å². The van der Waals surface area contributed by atoms with Crippen molar-refractivity contribution in [3.63, 3.8) is 0 Å². The number of pyridine rings is 1. The van der Waals surface area contributed by atoms with Crippen molar-refractivity contribution in [2.24, 2.45) is 5.92 Å². The molecule has 1 fully saturated rings. The van der Waals surface area contributed by atoms with Crippen molar-refractivity contribution in [1.29, 1.82) is 0 Å². The Morgan fingerprint density at radius 3 is 2.74 bits per heavy atom. The average Bonchev–Trinajstić information content (AvgIpc) is 2.86. The van der Waals surface area contributed by atoms with E-state index in [4.69, 9.17) is 17.3 Å². The Morgan fingerprint density at radius 2 is 1.96 bits per heavy atom. The SMILES string of the molecule is Cc1cc2nn(CN3CCC(C)CC3)c(=S)n2c2ccccc12. The van der Waals surface area contributed by atoms with Crippen molar-refractivity contribution < 1.29 is 0 Å². The van der Waals surface area contributed by atoms with Gasteiger partial charge in [0.15, 0.2) is 5.65 Å². The van der Waals surface area contributed by atoms with Gasteiger partial charge in [-0.25, -0.2) is 4.68 Å². The molecular weight excluding hydrogens is 304 g/mol. The molecular formula is C18H22N4S. The van der Waals surface area contributed by atoms with Crippen LogP contribution in [0.1, 0.15) is 25.3 Å². The maximum atomic E-state index is 5.73. The van der Waals surface area contributed by atoms with Crippen molar-refractivity contribution in [3.8, 4) is 0 Å². The summed E-state index contributed by atoms with van der Waals surface area (Å²) in [4.78, 5) is 2.46. The molecule has 0 amide bonds. The van der Waals surface area contributed by atoms with Gasteiger partial charge in [-0.3, -0.25) is 9.30 Å². The van der Waals surface area contributed by atoms with Crippen LogP contribution in [0.25, 0.3) is 16.6 Å². The van der Waals surface area contributed by atoms with Gasteiger partial charge in [0, 0.05) is 18.5 Å². The number of rotatable bonds is 2. The van der Waals surface area contributed by atoms with Crippen LogP contribution in [-0.2, 0) is 6.67 Å². The Labute approximate surface area is 141 Å². The van der Waals surface area contributed by atoms with Crippen molar-refractivity contribution >= 4 is 28.8 Å². The highest BCUT2D eigenvalue weighted by atomic mass is 32.1. The predicted octanol–water partition coefficient (Wildman–Crippen LogP) is 4.02. The first kappa shape index (κ1) is 14.8. The van der Waals surface area contributed by atoms with Crippen molar-refractivity contribution in [2.45, 2.75) is 33.4 Å². The van der Waals surface area contributed by atoms with Crippen LogP contribution in [0, 0.1) is 17.6 Å². The number of aryl methyl sites for hydroxylation is 1. The number of piperidine rings is 1. The van der Waals surface area contributed by atoms with E-state index in [1.54, 1.807) is 0 Å². The summed E-state index contributed by atoms with van der Waals surface area (Å²) in [5.41, 5.74) is 3.33. The molecule has 0 spiro atoms. The molecule has 0 aliphatic carbocycles. The average molecular weight is 326 g/mol. The zero-order chi connectivity index (χ0) is 16.0. The van der Waals surface area contributed by atoms with Crippen LogP contribution in [-0.4, -0.2) is 32.2 Å². The zero-order valence-corrected chi connectivity index (χ0v) is 14.5. The monoisotopic (exact) mass is 326 g/mol. The fourth-order valence-corrected chi connectivity index (χ4v) is 3.79. The van der Waals surface area contributed by atoms with E-state index in [0.29, 0.717) is 0 Å². The minimum absolute atomic E-state index is 0.787. The normalized spacial score (nSPS) is 17.3. The van der Waals surface area contributed by atoms with Crippen molar-refractivity contribution in [3.05, 3.63) is 40.7 Å². The van der Waals surface area contributed by atoms with E-state index >= 15 is 0 Å². The minimum Gasteiger partial charge on any atom is -0.284 e. The highest BCUT2D eigenvalue weighted by Crippen LogP contribution is 2.22. The molecule has 0 radical (unpaired) electrons. The molecule has 23 heavy (non-hydrogen) atoms. The lowest BCUT2D eigenvalue weighted by molar-refractivity contribution is 0.146. The number of hydrogen-bond donors (Lipinski definition) is 0. The molecule has 120 valence electrons. The first-order chi connectivity index (χ1) is 11.1. The third kappa shape index (κ3) is 2.58. The summed E-state index contributed by atoms with van der Waals surface area (Å²) in [6, 6.07) is 10.5. The molecule has 0 unspecified atom stereocenters. The number of hydrogen-bond acceptors (Lipinski definition) is 3. The molecule has 4 rings (SSSR count). The van der Waals surface area contributed by atoms with E-state index in [1.807, 2.05) is 4.68 Å². The molecule has 1 saturated heterocycles. The molecule has 1 aliphatic rings. The van der Waals surface area contributed by atoms with E-state index in [1.165, 1.54) is 23.8 Å². The Bertz CT molecular complexity index is 916. The summed E-state index contributed by atoms with van der Waals surface area (Å²) in [6.45, 7) is 7.53. The maximum absolute atomic E-state index is 5.73. The summed E-state index contributed by atoms with van der Waals surface area (Å²) in [7, 11) is 0. The lowest BCUT2D eigenvalue weighted by atomic mass is 10.00. The summed E-state index contributed by atoms with van der Waals surface area (Å²) >= 11 is 5.73. The van der Waals surface area contributed by atoms with E-state index in [0.717, 1.165) is 41.6 Å². The molecule has 5 heteroatoms. The number of nitrogens with zero attached hydrogens (tertiary/aromatic N) is 4. The Kier molecular flexibility index (Phi) is 3.70. The van der Waals surface area contributed by atoms with Crippen molar-refractivity contribution in [2.75, 3.05) is 13.1 Å². The Hall–Kier alpha value is -1.72. The molecule has 1 aromatic carbocycles. The fourth-order valence-electron chi connectivity index (χ4n) is 3.50. The Balaban J connectivity index is 1.79. The maximum Gasteiger partial charge on any atom is 0.204 e. The van der Waals surface area contributed by atoms with Crippen LogP contribution in [0.4, 0.5) is 0 Å². The predicted molar refractivity (Wildman–Crippen MR) is 96.2 cm³/mol. The van der Waals surface area contributed by atoms with E-state index in [9.17, 15) is 0 Å². The van der Waals surface area contributed by atoms with Crippen LogP contribution in [0.5, 0.6) is 0 Å². The quantitative estimate of drug-likeness (QED) is 0.665. The highest BCUT2D eigenvalue weighted by molar-refractivity contribution is 7.71. The second kappa shape index (κ2) is 5.73. The highest BCUT2D eigenvalue weighted by Gasteiger charge is 2.17. The van der Waals surface area contributed by atoms with Gasteiger partial charge in [-0.1, -0.05) is 25.1 Å². The van der Waals surface area contributed by atoms with E-state index < -0.39 is 0 Å². The molecule has 3 heterocycles. The van der Waals surface area contributed by atoms with Gasteiger partial charge >= 0.3 is 0 Å². The summed E-state index contributed by atoms with van der Waals surface area (Å²) in [5.74, 6) is 0.840. The number of aromatic nitrogens is 3. The van der Waals surface area contributed by atoms with Gasteiger partial charge < -0.3 is 0 Å². The third-order valence-electron chi connectivity index (χ3n) is 4.99. The molecule has 3 aromatic rings. The summed E-state index contributed by atoms with van der Waals surface area (Å²) in [6.07, 6.45) is 2.53. The zero-order valence-electron chi connectivity index (χ0n) is 13.7. The largest absolute Gasteiger partial charge is 0.284 e. The number of likely N-dealkylation sites (tertiary alicyclic amines) is 1. The lowest BCUT2D eigenvalue weighted by Crippen LogP contribution is -2.34. The fraction of sp³-hybridized carbons (Fsp3) is 0.444. The van der Waals surface area contributed by atoms with Gasteiger partial charge in [0.25, 0.3) is 0 Å². The van der Waals surface area contributed by atoms with Gasteiger partial charge in [-0.15, -0.1) is 0 Å². The topological polar surface area (TPSA) is 25.5 Å². The minimum atomic E-state index is 0.787. The molecule has 0 saturated carbocycles. The van der Waals surface area contributed by atoms with Crippen LogP contribution in [0.15, 0.2) is 30.3 Å². The molecule has 0 bridgehead atoms.